The van der Waals surface area contributed by atoms with Crippen molar-refractivity contribution in [1.29, 1.82) is 0 Å². The Morgan fingerprint density at radius 3 is 2.12 bits per heavy atom. The third-order valence-electron chi connectivity index (χ3n) is 6.06. The monoisotopic (exact) mass is 462 g/mol. The van der Waals surface area contributed by atoms with Crippen molar-refractivity contribution in [3.05, 3.63) is 107 Å². The zero-order valence-corrected chi connectivity index (χ0v) is 18.4. The number of nitrogens with one attached hydrogen (secondary N) is 1. The molecule has 1 atom stereocenters. The number of piperidine rings is 1. The molecule has 5 nitrogen and oxygen atoms in total. The lowest BCUT2D eigenvalue weighted by Crippen LogP contribution is -2.47. The van der Waals surface area contributed by atoms with E-state index in [9.17, 15) is 23.2 Å². The lowest BCUT2D eigenvalue weighted by Gasteiger charge is -2.34. The van der Waals surface area contributed by atoms with E-state index in [-0.39, 0.29) is 30.5 Å². The van der Waals surface area contributed by atoms with E-state index in [0.717, 1.165) is 18.2 Å². The summed E-state index contributed by atoms with van der Waals surface area (Å²) in [6, 6.07) is 19.6. The van der Waals surface area contributed by atoms with Crippen molar-refractivity contribution in [2.75, 3.05) is 13.1 Å². The molecule has 1 N–H and O–H groups in total. The Kier molecular flexibility index (Phi) is 7.11. The Hall–Kier alpha value is -3.87. The van der Waals surface area contributed by atoms with E-state index in [2.05, 4.69) is 5.32 Å². The summed E-state index contributed by atoms with van der Waals surface area (Å²) in [6.07, 6.45) is 0.656. The van der Waals surface area contributed by atoms with Gasteiger partial charge >= 0.3 is 0 Å². The van der Waals surface area contributed by atoms with Gasteiger partial charge in [0.05, 0.1) is 5.56 Å². The molecule has 0 bridgehead atoms. The SMILES string of the molecule is O=C(NC(C(=O)N1CCC(C(=O)c2cc(F)ccc2F)CC1)c1ccccc1)c1ccccc1. The number of hydrogen-bond acceptors (Lipinski definition) is 3. The van der Waals surface area contributed by atoms with E-state index in [0.29, 0.717) is 24.0 Å². The molecule has 1 unspecified atom stereocenters. The quantitative estimate of drug-likeness (QED) is 0.547. The zero-order chi connectivity index (χ0) is 24.1. The Bertz CT molecular complexity index is 1180. The van der Waals surface area contributed by atoms with Crippen LogP contribution >= 0.6 is 0 Å². The fourth-order valence-corrected chi connectivity index (χ4v) is 4.19. The van der Waals surface area contributed by atoms with Gasteiger partial charge in [-0.2, -0.15) is 0 Å². The number of likely N-dealkylation sites (tertiary alicyclic amines) is 1. The minimum atomic E-state index is -0.887. The summed E-state index contributed by atoms with van der Waals surface area (Å²) < 4.78 is 27.6. The number of rotatable bonds is 6. The minimum Gasteiger partial charge on any atom is -0.341 e. The van der Waals surface area contributed by atoms with Crippen molar-refractivity contribution in [2.45, 2.75) is 18.9 Å². The van der Waals surface area contributed by atoms with Crippen molar-refractivity contribution in [3.63, 3.8) is 0 Å². The number of halogens is 2. The van der Waals surface area contributed by atoms with Crippen LogP contribution in [0.2, 0.25) is 0 Å². The van der Waals surface area contributed by atoms with Gasteiger partial charge in [0.2, 0.25) is 5.91 Å². The molecule has 2 amide bonds. The molecular weight excluding hydrogens is 438 g/mol. The van der Waals surface area contributed by atoms with E-state index in [1.807, 2.05) is 6.07 Å². The highest BCUT2D eigenvalue weighted by Gasteiger charge is 2.33. The van der Waals surface area contributed by atoms with Crippen molar-refractivity contribution >= 4 is 17.6 Å². The number of Topliss-reactive ketones (excluding diaryl/α,β-unsaturated/α-hetero) is 1. The molecule has 4 rings (SSSR count). The fourth-order valence-electron chi connectivity index (χ4n) is 4.19. The smallest absolute Gasteiger partial charge is 0.252 e. The van der Waals surface area contributed by atoms with Crippen molar-refractivity contribution in [1.82, 2.24) is 10.2 Å². The maximum Gasteiger partial charge on any atom is 0.252 e. The Balaban J connectivity index is 1.47. The summed E-state index contributed by atoms with van der Waals surface area (Å²) in [4.78, 5) is 40.6. The maximum absolute atomic E-state index is 14.0. The van der Waals surface area contributed by atoms with Crippen LogP contribution in [0.4, 0.5) is 8.78 Å². The zero-order valence-electron chi connectivity index (χ0n) is 18.4. The molecular formula is C27H24F2N2O3. The Morgan fingerprint density at radius 1 is 0.853 bits per heavy atom. The lowest BCUT2D eigenvalue weighted by molar-refractivity contribution is -0.134. The van der Waals surface area contributed by atoms with Gasteiger partial charge in [-0.3, -0.25) is 14.4 Å². The Labute approximate surface area is 196 Å². The van der Waals surface area contributed by atoms with Gasteiger partial charge in [0.15, 0.2) is 5.78 Å². The highest BCUT2D eigenvalue weighted by atomic mass is 19.1. The second-order valence-corrected chi connectivity index (χ2v) is 8.27. The summed E-state index contributed by atoms with van der Waals surface area (Å²) >= 11 is 0. The minimum absolute atomic E-state index is 0.262. The molecule has 1 aliphatic heterocycles. The Morgan fingerprint density at radius 2 is 1.47 bits per heavy atom. The van der Waals surface area contributed by atoms with Crippen LogP contribution in [0.25, 0.3) is 0 Å². The van der Waals surface area contributed by atoms with E-state index in [1.165, 1.54) is 0 Å². The van der Waals surface area contributed by atoms with E-state index < -0.39 is 29.4 Å². The summed E-state index contributed by atoms with van der Waals surface area (Å²) in [7, 11) is 0. The third-order valence-corrected chi connectivity index (χ3v) is 6.06. The first-order valence-corrected chi connectivity index (χ1v) is 11.1. The molecule has 3 aromatic carbocycles. The van der Waals surface area contributed by atoms with Gasteiger partial charge in [-0.25, -0.2) is 8.78 Å². The highest BCUT2D eigenvalue weighted by molar-refractivity contribution is 5.99. The number of amides is 2. The van der Waals surface area contributed by atoms with Crippen molar-refractivity contribution < 1.29 is 23.2 Å². The van der Waals surface area contributed by atoms with E-state index >= 15 is 0 Å². The number of benzene rings is 3. The molecule has 0 aliphatic carbocycles. The molecule has 7 heteroatoms. The van der Waals surface area contributed by atoms with Gasteiger partial charge in [0.25, 0.3) is 5.91 Å². The average molecular weight is 462 g/mol. The van der Waals surface area contributed by atoms with Crippen LogP contribution in [0.1, 0.15) is 45.2 Å². The number of hydrogen-bond donors (Lipinski definition) is 1. The predicted molar refractivity (Wildman–Crippen MR) is 123 cm³/mol. The first-order chi connectivity index (χ1) is 16.4. The topological polar surface area (TPSA) is 66.5 Å². The second-order valence-electron chi connectivity index (χ2n) is 8.27. The third kappa shape index (κ3) is 5.20. The van der Waals surface area contributed by atoms with Crippen LogP contribution < -0.4 is 5.32 Å². The molecule has 174 valence electrons. The number of ketones is 1. The molecule has 1 aliphatic rings. The first kappa shape index (κ1) is 23.3. The van der Waals surface area contributed by atoms with Crippen LogP contribution in [-0.4, -0.2) is 35.6 Å². The fraction of sp³-hybridized carbons (Fsp3) is 0.222. The average Bonchev–Trinajstić information content (AvgIpc) is 2.89. The van der Waals surface area contributed by atoms with E-state index in [1.54, 1.807) is 59.5 Å². The number of carbonyl (C=O) groups excluding carboxylic acids is 3. The van der Waals surface area contributed by atoms with Crippen LogP contribution in [0.15, 0.2) is 78.9 Å². The van der Waals surface area contributed by atoms with Crippen LogP contribution in [0.3, 0.4) is 0 Å². The normalized spacial score (nSPS) is 14.9. The molecule has 34 heavy (non-hydrogen) atoms. The lowest BCUT2D eigenvalue weighted by atomic mass is 9.88. The second kappa shape index (κ2) is 10.4. The molecule has 3 aromatic rings. The maximum atomic E-state index is 14.0. The largest absolute Gasteiger partial charge is 0.341 e. The summed E-state index contributed by atoms with van der Waals surface area (Å²) in [5.41, 5.74) is 0.830. The van der Waals surface area contributed by atoms with Gasteiger partial charge in [-0.1, -0.05) is 48.5 Å². The van der Waals surface area contributed by atoms with Crippen molar-refractivity contribution in [2.24, 2.45) is 5.92 Å². The molecule has 0 radical (unpaired) electrons. The van der Waals surface area contributed by atoms with E-state index in [4.69, 9.17) is 0 Å². The van der Waals surface area contributed by atoms with Gasteiger partial charge < -0.3 is 10.2 Å². The predicted octanol–water partition coefficient (Wildman–Crippen LogP) is 4.56. The van der Waals surface area contributed by atoms with Gasteiger partial charge in [-0.05, 0) is 48.7 Å². The highest BCUT2D eigenvalue weighted by Crippen LogP contribution is 2.26. The summed E-state index contributed by atoms with van der Waals surface area (Å²) in [5, 5.41) is 2.83. The molecule has 1 heterocycles. The van der Waals surface area contributed by atoms with Crippen LogP contribution in [-0.2, 0) is 4.79 Å². The standard InChI is InChI=1S/C27H24F2N2O3/c28-21-11-12-23(29)22(17-21)25(32)19-13-15-31(16-14-19)27(34)24(18-7-3-1-4-8-18)30-26(33)20-9-5-2-6-10-20/h1-12,17,19,24H,13-16H2,(H,30,33). The summed E-state index contributed by atoms with van der Waals surface area (Å²) in [6.45, 7) is 0.549. The van der Waals surface area contributed by atoms with Crippen LogP contribution in [0.5, 0.6) is 0 Å². The molecule has 0 aromatic heterocycles. The molecule has 1 saturated heterocycles. The van der Waals surface area contributed by atoms with Crippen LogP contribution in [0, 0.1) is 17.6 Å². The number of carbonyl (C=O) groups is 3. The molecule has 1 fully saturated rings. The molecule has 0 spiro atoms. The molecule has 0 saturated carbocycles. The first-order valence-electron chi connectivity index (χ1n) is 11.1. The summed E-state index contributed by atoms with van der Waals surface area (Å²) in [5.74, 6) is -3.03. The van der Waals surface area contributed by atoms with Crippen molar-refractivity contribution in [3.8, 4) is 0 Å². The van der Waals surface area contributed by atoms with Gasteiger partial charge in [0.1, 0.15) is 17.7 Å². The van der Waals surface area contributed by atoms with Gasteiger partial charge in [-0.15, -0.1) is 0 Å². The van der Waals surface area contributed by atoms with Gasteiger partial charge in [0, 0.05) is 24.6 Å². The number of nitrogens with zero attached hydrogens (tertiary/aromatic N) is 1.